The zero-order valence-corrected chi connectivity index (χ0v) is 21.1. The van der Waals surface area contributed by atoms with E-state index < -0.39 is 11.5 Å². The van der Waals surface area contributed by atoms with Crippen LogP contribution < -0.4 is 24.4 Å². The molecular weight excluding hydrogens is 462 g/mol. The Morgan fingerprint density at radius 2 is 1.78 bits per heavy atom. The van der Waals surface area contributed by atoms with Gasteiger partial charge in [0.25, 0.3) is 0 Å². The van der Waals surface area contributed by atoms with Gasteiger partial charge in [0.05, 0.1) is 32.0 Å². The Morgan fingerprint density at radius 1 is 1.03 bits per heavy atom. The molecular formula is C28H33NO7. The monoisotopic (exact) mass is 495 g/mol. The summed E-state index contributed by atoms with van der Waals surface area (Å²) in [5, 5.41) is 8.53. The number of rotatable bonds is 12. The van der Waals surface area contributed by atoms with Gasteiger partial charge in [-0.3, -0.25) is 14.8 Å². The summed E-state index contributed by atoms with van der Waals surface area (Å²) in [7, 11) is 3.15. The lowest BCUT2D eigenvalue weighted by Crippen LogP contribution is -2.28. The Bertz CT molecular complexity index is 1150. The second kappa shape index (κ2) is 12.3. The molecule has 36 heavy (non-hydrogen) atoms. The molecule has 2 aromatic carbocycles. The highest BCUT2D eigenvalue weighted by atomic mass is 16.5. The minimum Gasteiger partial charge on any atom is -0.496 e. The summed E-state index contributed by atoms with van der Waals surface area (Å²) in [4.78, 5) is 24.2. The van der Waals surface area contributed by atoms with E-state index >= 15 is 0 Å². The molecule has 0 saturated heterocycles. The molecule has 0 radical (unpaired) electrons. The molecule has 0 unspecified atom stereocenters. The number of amides is 1. The number of methoxy groups -OCH3 is 2. The maximum absolute atomic E-state index is 13.1. The van der Waals surface area contributed by atoms with Crippen molar-refractivity contribution in [2.75, 3.05) is 20.8 Å². The van der Waals surface area contributed by atoms with Gasteiger partial charge in [-0.25, -0.2) is 5.48 Å². The summed E-state index contributed by atoms with van der Waals surface area (Å²) in [6, 6.07) is 8.92. The van der Waals surface area contributed by atoms with Crippen molar-refractivity contribution in [3.63, 3.8) is 0 Å². The molecule has 8 heteroatoms. The Labute approximate surface area is 211 Å². The standard InChI is InChI=1S/C28H33NO7/c1-28(2)16-15-21-23(33-3)14-11-20(27(21)36-28)22(30)12-9-19-10-13-24(34-4)25(18-19)35-17-7-5-6-8-26(31)29-32/h9-16,18,32H,5-8,17H2,1-4H3,(H,29,31)/b12-9+. The second-order valence-electron chi connectivity index (χ2n) is 8.90. The highest BCUT2D eigenvalue weighted by Crippen LogP contribution is 2.40. The normalized spacial score (nSPS) is 13.6. The number of hydroxylamine groups is 1. The molecule has 1 aliphatic rings. The maximum atomic E-state index is 13.1. The van der Waals surface area contributed by atoms with Crippen molar-refractivity contribution in [1.82, 2.24) is 5.48 Å². The van der Waals surface area contributed by atoms with Crippen LogP contribution in [0.3, 0.4) is 0 Å². The lowest BCUT2D eigenvalue weighted by Gasteiger charge is -2.29. The van der Waals surface area contributed by atoms with Gasteiger partial charge in [0, 0.05) is 6.42 Å². The van der Waals surface area contributed by atoms with E-state index in [4.69, 9.17) is 24.2 Å². The predicted octanol–water partition coefficient (Wildman–Crippen LogP) is 5.23. The van der Waals surface area contributed by atoms with Crippen LogP contribution >= 0.6 is 0 Å². The number of carbonyl (C=O) groups excluding carboxylic acids is 2. The van der Waals surface area contributed by atoms with E-state index in [1.807, 2.05) is 38.1 Å². The van der Waals surface area contributed by atoms with Crippen LogP contribution in [-0.2, 0) is 4.79 Å². The molecule has 0 bridgehead atoms. The van der Waals surface area contributed by atoms with E-state index in [0.29, 0.717) is 41.6 Å². The van der Waals surface area contributed by atoms with E-state index in [1.165, 1.54) is 6.08 Å². The summed E-state index contributed by atoms with van der Waals surface area (Å²) in [5.41, 5.74) is 3.07. The summed E-state index contributed by atoms with van der Waals surface area (Å²) in [6.07, 6.45) is 9.54. The van der Waals surface area contributed by atoms with Crippen LogP contribution in [0.25, 0.3) is 12.2 Å². The number of fused-ring (bicyclic) bond motifs is 1. The van der Waals surface area contributed by atoms with Crippen molar-refractivity contribution in [3.05, 3.63) is 59.2 Å². The lowest BCUT2D eigenvalue weighted by molar-refractivity contribution is -0.129. The predicted molar refractivity (Wildman–Crippen MR) is 137 cm³/mol. The van der Waals surface area contributed by atoms with Crippen molar-refractivity contribution < 1.29 is 33.7 Å². The second-order valence-corrected chi connectivity index (χ2v) is 8.90. The van der Waals surface area contributed by atoms with Gasteiger partial charge in [0.1, 0.15) is 17.1 Å². The molecule has 0 saturated carbocycles. The fourth-order valence-electron chi connectivity index (χ4n) is 3.78. The molecule has 1 heterocycles. The Kier molecular flexibility index (Phi) is 9.13. The van der Waals surface area contributed by atoms with Crippen LogP contribution in [-0.4, -0.2) is 43.3 Å². The fourth-order valence-corrected chi connectivity index (χ4v) is 3.78. The molecule has 0 aromatic heterocycles. The first-order chi connectivity index (χ1) is 17.3. The molecule has 3 rings (SSSR count). The van der Waals surface area contributed by atoms with E-state index in [0.717, 1.165) is 24.0 Å². The fraction of sp³-hybridized carbons (Fsp3) is 0.357. The van der Waals surface area contributed by atoms with E-state index in [2.05, 4.69) is 0 Å². The number of ether oxygens (including phenoxy) is 4. The number of carbonyl (C=O) groups is 2. The average molecular weight is 496 g/mol. The van der Waals surface area contributed by atoms with E-state index in [9.17, 15) is 9.59 Å². The van der Waals surface area contributed by atoms with Crippen LogP contribution in [0.15, 0.2) is 42.5 Å². The number of unbranched alkanes of at least 4 members (excludes halogenated alkanes) is 2. The summed E-state index contributed by atoms with van der Waals surface area (Å²) in [6.45, 7) is 4.31. The molecule has 8 nitrogen and oxygen atoms in total. The van der Waals surface area contributed by atoms with Crippen molar-refractivity contribution >= 4 is 23.8 Å². The smallest absolute Gasteiger partial charge is 0.243 e. The van der Waals surface area contributed by atoms with E-state index in [-0.39, 0.29) is 12.2 Å². The summed E-state index contributed by atoms with van der Waals surface area (Å²) >= 11 is 0. The first-order valence-electron chi connectivity index (χ1n) is 11.8. The average Bonchev–Trinajstić information content (AvgIpc) is 2.87. The number of nitrogens with one attached hydrogen (secondary N) is 1. The molecule has 192 valence electrons. The van der Waals surface area contributed by atoms with Gasteiger partial charge in [0.15, 0.2) is 17.3 Å². The molecule has 1 aliphatic heterocycles. The van der Waals surface area contributed by atoms with Gasteiger partial charge in [-0.15, -0.1) is 0 Å². The summed E-state index contributed by atoms with van der Waals surface area (Å²) < 4.78 is 22.8. The highest BCUT2D eigenvalue weighted by molar-refractivity contribution is 6.09. The van der Waals surface area contributed by atoms with Crippen LogP contribution in [0.1, 0.15) is 61.0 Å². The third-order valence-electron chi connectivity index (χ3n) is 5.70. The highest BCUT2D eigenvalue weighted by Gasteiger charge is 2.27. The molecule has 0 atom stereocenters. The van der Waals surface area contributed by atoms with Gasteiger partial charge in [-0.05, 0) is 81.2 Å². The molecule has 0 spiro atoms. The lowest BCUT2D eigenvalue weighted by atomic mass is 9.97. The number of hydrogen-bond donors (Lipinski definition) is 2. The van der Waals surface area contributed by atoms with Crippen LogP contribution in [0, 0.1) is 0 Å². The van der Waals surface area contributed by atoms with Gasteiger partial charge in [-0.1, -0.05) is 12.1 Å². The van der Waals surface area contributed by atoms with E-state index in [1.54, 1.807) is 44.0 Å². The summed E-state index contributed by atoms with van der Waals surface area (Å²) in [5.74, 6) is 1.72. The largest absolute Gasteiger partial charge is 0.496 e. The number of hydrogen-bond acceptors (Lipinski definition) is 7. The number of benzene rings is 2. The Balaban J connectivity index is 1.70. The maximum Gasteiger partial charge on any atom is 0.243 e. The quantitative estimate of drug-likeness (QED) is 0.137. The minimum absolute atomic E-state index is 0.190. The van der Waals surface area contributed by atoms with Crippen LogP contribution in [0.5, 0.6) is 23.0 Å². The van der Waals surface area contributed by atoms with Gasteiger partial charge >= 0.3 is 0 Å². The van der Waals surface area contributed by atoms with Crippen molar-refractivity contribution in [3.8, 4) is 23.0 Å². The van der Waals surface area contributed by atoms with Gasteiger partial charge in [0.2, 0.25) is 5.91 Å². The zero-order chi connectivity index (χ0) is 26.1. The first-order valence-corrected chi connectivity index (χ1v) is 11.8. The van der Waals surface area contributed by atoms with Crippen molar-refractivity contribution in [2.24, 2.45) is 0 Å². The topological polar surface area (TPSA) is 103 Å². The van der Waals surface area contributed by atoms with Crippen molar-refractivity contribution in [1.29, 1.82) is 0 Å². The van der Waals surface area contributed by atoms with Gasteiger partial charge < -0.3 is 18.9 Å². The van der Waals surface area contributed by atoms with Gasteiger partial charge in [-0.2, -0.15) is 0 Å². The Hall–Kier alpha value is -3.78. The zero-order valence-electron chi connectivity index (χ0n) is 21.1. The number of ketones is 1. The minimum atomic E-state index is -0.536. The third kappa shape index (κ3) is 6.88. The molecule has 0 fully saturated rings. The molecule has 2 aromatic rings. The molecule has 2 N–H and O–H groups in total. The molecule has 0 aliphatic carbocycles. The molecule has 1 amide bonds. The van der Waals surface area contributed by atoms with Crippen LogP contribution in [0.2, 0.25) is 0 Å². The number of allylic oxidation sites excluding steroid dienone is 1. The third-order valence-corrected chi connectivity index (χ3v) is 5.70. The van der Waals surface area contributed by atoms with Crippen LogP contribution in [0.4, 0.5) is 0 Å². The first kappa shape index (κ1) is 26.8. The van der Waals surface area contributed by atoms with Crippen molar-refractivity contribution in [2.45, 2.75) is 45.1 Å². The SMILES string of the molecule is COc1ccc(/C=C/C(=O)c2ccc(OC)c3c2OC(C)(C)C=C3)cc1OCCCCCC(=O)NO. The Morgan fingerprint density at radius 3 is 2.50 bits per heavy atom.